The molecule has 8 aliphatic rings. The zero-order valence-corrected chi connectivity index (χ0v) is 28.3. The van der Waals surface area contributed by atoms with E-state index < -0.39 is 5.60 Å². The highest BCUT2D eigenvalue weighted by molar-refractivity contribution is 5.28. The van der Waals surface area contributed by atoms with Crippen LogP contribution in [-0.4, -0.2) is 62.3 Å². The van der Waals surface area contributed by atoms with Crippen molar-refractivity contribution in [2.75, 3.05) is 13.1 Å². The van der Waals surface area contributed by atoms with E-state index >= 15 is 0 Å². The van der Waals surface area contributed by atoms with Crippen LogP contribution in [0.3, 0.4) is 0 Å². The number of phenols is 1. The maximum Gasteiger partial charge on any atom is 0.115 e. The van der Waals surface area contributed by atoms with E-state index in [1.165, 1.54) is 24.8 Å². The second-order valence-corrected chi connectivity index (χ2v) is 18.6. The van der Waals surface area contributed by atoms with Crippen LogP contribution in [0.1, 0.15) is 96.5 Å². The highest BCUT2D eigenvalue weighted by Crippen LogP contribution is 2.74. The summed E-state index contributed by atoms with van der Waals surface area (Å²) in [4.78, 5) is 2.71. The van der Waals surface area contributed by atoms with E-state index in [0.29, 0.717) is 65.1 Å². The number of phenolic OH excluding ortho intramolecular Hbond substituents is 1. The van der Waals surface area contributed by atoms with Gasteiger partial charge in [-0.05, 0) is 178 Å². The highest BCUT2D eigenvalue weighted by atomic mass is 16.3. The highest BCUT2D eigenvalue weighted by Gasteiger charge is 2.71. The molecule has 7 fully saturated rings. The zero-order chi connectivity index (χ0) is 31.6. The van der Waals surface area contributed by atoms with Gasteiger partial charge in [0, 0.05) is 19.1 Å². The van der Waals surface area contributed by atoms with Gasteiger partial charge in [0.1, 0.15) is 5.75 Å². The van der Waals surface area contributed by atoms with Gasteiger partial charge < -0.3 is 20.4 Å². The molecule has 5 heteroatoms. The van der Waals surface area contributed by atoms with E-state index in [1.807, 2.05) is 12.1 Å². The number of fused-ring (bicyclic) bond motifs is 6. The van der Waals surface area contributed by atoms with Crippen LogP contribution < -0.4 is 0 Å². The molecule has 252 valence electrons. The van der Waals surface area contributed by atoms with Crippen molar-refractivity contribution in [2.45, 2.75) is 121 Å². The van der Waals surface area contributed by atoms with Crippen molar-refractivity contribution in [3.05, 3.63) is 42.0 Å². The molecule has 2 spiro atoms. The van der Waals surface area contributed by atoms with Gasteiger partial charge in [0.25, 0.3) is 0 Å². The van der Waals surface area contributed by atoms with Gasteiger partial charge in [-0.15, -0.1) is 0 Å². The predicted molar refractivity (Wildman–Crippen MR) is 180 cm³/mol. The van der Waals surface area contributed by atoms with Crippen molar-refractivity contribution in [3.8, 4) is 5.75 Å². The number of aromatic hydroxyl groups is 1. The SMILES string of the molecule is C[C@@H]1CC[C@H]2N(C1)C[C@H]1[C@H]3[C@@H]4C=CC[C@@]56C[C@]7(CC[C@@H](CCc8cccc(O)c8)C7)[C@H](O)C[C@H]5[C@@H](O)C[C@H]([C@H]3CC[C@H]1[C@]2(C)O)[C@H]46. The Balaban J connectivity index is 1.01. The average molecular weight is 630 g/mol. The number of benzene rings is 1. The van der Waals surface area contributed by atoms with Crippen LogP contribution in [0.15, 0.2) is 36.4 Å². The van der Waals surface area contributed by atoms with Gasteiger partial charge >= 0.3 is 0 Å². The summed E-state index contributed by atoms with van der Waals surface area (Å²) in [6, 6.07) is 8.05. The summed E-state index contributed by atoms with van der Waals surface area (Å²) < 4.78 is 0. The molecular formula is C41H59NO4. The zero-order valence-electron chi connectivity index (χ0n) is 28.3. The number of aliphatic hydroxyl groups excluding tert-OH is 2. The first-order chi connectivity index (χ1) is 22.1. The normalized spacial score (nSPS) is 54.1. The first-order valence-corrected chi connectivity index (χ1v) is 19.4. The van der Waals surface area contributed by atoms with Gasteiger partial charge in [-0.25, -0.2) is 0 Å². The fourth-order valence-electron chi connectivity index (χ4n) is 15.1. The van der Waals surface area contributed by atoms with Crippen LogP contribution in [0.25, 0.3) is 0 Å². The number of aryl methyl sites for hydroxylation is 1. The number of rotatable bonds is 3. The molecule has 0 amide bonds. The lowest BCUT2D eigenvalue weighted by atomic mass is 9.42. The van der Waals surface area contributed by atoms with Crippen molar-refractivity contribution in [1.82, 2.24) is 4.90 Å². The van der Waals surface area contributed by atoms with E-state index in [4.69, 9.17) is 0 Å². The van der Waals surface area contributed by atoms with E-state index in [0.717, 1.165) is 77.3 Å². The molecule has 16 atom stereocenters. The molecule has 6 aliphatic carbocycles. The smallest absolute Gasteiger partial charge is 0.115 e. The van der Waals surface area contributed by atoms with Gasteiger partial charge in [-0.3, -0.25) is 4.90 Å². The fourth-order valence-corrected chi connectivity index (χ4v) is 15.1. The molecule has 0 aromatic heterocycles. The van der Waals surface area contributed by atoms with Gasteiger partial charge in [0.15, 0.2) is 0 Å². The fraction of sp³-hybridized carbons (Fsp3) is 0.805. The van der Waals surface area contributed by atoms with E-state index in [2.05, 4.69) is 37.0 Å². The Bertz CT molecular complexity index is 1360. The van der Waals surface area contributed by atoms with Crippen molar-refractivity contribution < 1.29 is 20.4 Å². The Morgan fingerprint density at radius 2 is 1.83 bits per heavy atom. The molecule has 5 saturated carbocycles. The molecule has 5 nitrogen and oxygen atoms in total. The number of hydrogen-bond acceptors (Lipinski definition) is 5. The lowest BCUT2D eigenvalue weighted by Gasteiger charge is -2.63. The van der Waals surface area contributed by atoms with Crippen molar-refractivity contribution >= 4 is 0 Å². The standard InChI is InChI=1S/C41H59NO4/c1-24-8-13-35-39(2,46)32-12-11-28-30-18-34(44)33-19-36(45)40(16-14-26(20-40)10-9-25-5-3-6-27(43)17-25)23-41(33)15-4-7-29(38(30)41)37(28)31(32)22-42(35)21-24/h3-7,17,24,26,28-38,43-46H,8-16,18-23H2,1-2H3/t24-,26-,28-,29+,30-,31-,32-,33+,34+,35-,36-,37-,38+,39+,40-,41-/m1/s1. The molecule has 2 heterocycles. The molecule has 1 aromatic carbocycles. The lowest BCUT2D eigenvalue weighted by molar-refractivity contribution is -0.189. The molecule has 2 aliphatic heterocycles. The minimum absolute atomic E-state index is 0.0285. The molecule has 4 N–H and O–H groups in total. The van der Waals surface area contributed by atoms with Gasteiger partial charge in [-0.2, -0.15) is 0 Å². The van der Waals surface area contributed by atoms with Crippen LogP contribution in [0.2, 0.25) is 0 Å². The maximum atomic E-state index is 12.3. The molecule has 46 heavy (non-hydrogen) atoms. The summed E-state index contributed by atoms with van der Waals surface area (Å²) in [7, 11) is 0. The number of nitrogens with zero attached hydrogens (tertiary/aromatic N) is 1. The lowest BCUT2D eigenvalue weighted by Crippen LogP contribution is -2.67. The summed E-state index contributed by atoms with van der Waals surface area (Å²) in [6.45, 7) is 6.88. The van der Waals surface area contributed by atoms with Crippen LogP contribution in [0.4, 0.5) is 0 Å². The van der Waals surface area contributed by atoms with E-state index in [9.17, 15) is 20.4 Å². The second kappa shape index (κ2) is 10.8. The largest absolute Gasteiger partial charge is 0.508 e. The minimum Gasteiger partial charge on any atom is -0.508 e. The van der Waals surface area contributed by atoms with E-state index in [-0.39, 0.29) is 29.0 Å². The van der Waals surface area contributed by atoms with Crippen molar-refractivity contribution in [1.29, 1.82) is 0 Å². The topological polar surface area (TPSA) is 84.2 Å². The Hall–Kier alpha value is -1.40. The summed E-state index contributed by atoms with van der Waals surface area (Å²) in [5.74, 6) is 5.80. The summed E-state index contributed by atoms with van der Waals surface area (Å²) in [5.41, 5.74) is 0.657. The van der Waals surface area contributed by atoms with Gasteiger partial charge in [-0.1, -0.05) is 31.2 Å². The predicted octanol–water partition coefficient (Wildman–Crippen LogP) is 6.58. The number of allylic oxidation sites excluding steroid dienone is 2. The van der Waals surface area contributed by atoms with E-state index in [1.54, 1.807) is 6.07 Å². The van der Waals surface area contributed by atoms with Crippen LogP contribution >= 0.6 is 0 Å². The van der Waals surface area contributed by atoms with Crippen LogP contribution in [0, 0.1) is 70.0 Å². The molecule has 9 rings (SSSR count). The summed E-state index contributed by atoms with van der Waals surface area (Å²) in [5, 5.41) is 46.2. The Labute approximate surface area is 276 Å². The Morgan fingerprint density at radius 3 is 2.67 bits per heavy atom. The Kier molecular flexibility index (Phi) is 7.19. The molecule has 0 radical (unpaired) electrons. The Morgan fingerprint density at radius 1 is 0.957 bits per heavy atom. The maximum absolute atomic E-state index is 12.3. The molecule has 0 unspecified atom stereocenters. The minimum atomic E-state index is -0.615. The molecule has 2 saturated heterocycles. The van der Waals surface area contributed by atoms with Gasteiger partial charge in [0.05, 0.1) is 17.8 Å². The summed E-state index contributed by atoms with van der Waals surface area (Å²) >= 11 is 0. The quantitative estimate of drug-likeness (QED) is 0.284. The molecule has 0 bridgehead atoms. The molecule has 1 aromatic rings. The first-order valence-electron chi connectivity index (χ1n) is 19.4. The molecular weight excluding hydrogens is 570 g/mol. The third kappa shape index (κ3) is 4.39. The number of hydrogen-bond donors (Lipinski definition) is 4. The van der Waals surface area contributed by atoms with Gasteiger partial charge in [0.2, 0.25) is 0 Å². The van der Waals surface area contributed by atoms with Crippen LogP contribution in [0.5, 0.6) is 5.75 Å². The van der Waals surface area contributed by atoms with Crippen molar-refractivity contribution in [3.63, 3.8) is 0 Å². The third-order valence-corrected chi connectivity index (χ3v) is 16.6. The summed E-state index contributed by atoms with van der Waals surface area (Å²) in [6.07, 6.45) is 18.7. The monoisotopic (exact) mass is 629 g/mol. The third-order valence-electron chi connectivity index (χ3n) is 16.6. The number of aliphatic hydroxyl groups is 3. The number of piperidine rings is 2. The first kappa shape index (κ1) is 30.6. The van der Waals surface area contributed by atoms with Crippen LogP contribution in [-0.2, 0) is 6.42 Å². The second-order valence-electron chi connectivity index (χ2n) is 18.6. The van der Waals surface area contributed by atoms with Crippen molar-refractivity contribution in [2.24, 2.45) is 70.0 Å². The average Bonchev–Trinajstić information content (AvgIpc) is 3.58.